The topological polar surface area (TPSA) is 41.1 Å². The first-order valence-corrected chi connectivity index (χ1v) is 6.87. The van der Waals surface area contributed by atoms with E-state index in [9.17, 15) is 4.79 Å². The molecule has 0 aliphatic carbocycles. The first-order chi connectivity index (χ1) is 8.58. The van der Waals surface area contributed by atoms with Crippen LogP contribution in [0.2, 0.25) is 15.1 Å². The first kappa shape index (κ1) is 13.9. The molecule has 2 rings (SSSR count). The van der Waals surface area contributed by atoms with Crippen molar-refractivity contribution in [2.75, 3.05) is 18.4 Å². The Balaban J connectivity index is 2.08. The molecule has 1 fully saturated rings. The molecular formula is C12H13Cl3N2O. The van der Waals surface area contributed by atoms with Gasteiger partial charge in [-0.2, -0.15) is 0 Å². The second-order valence-electron chi connectivity index (χ2n) is 4.28. The third-order valence-corrected chi connectivity index (χ3v) is 3.97. The summed E-state index contributed by atoms with van der Waals surface area (Å²) in [7, 11) is 0. The summed E-state index contributed by atoms with van der Waals surface area (Å²) in [5, 5.41) is 7.13. The van der Waals surface area contributed by atoms with Crippen LogP contribution in [0.5, 0.6) is 0 Å². The fourth-order valence-electron chi connectivity index (χ4n) is 1.93. The molecule has 2 N–H and O–H groups in total. The van der Waals surface area contributed by atoms with Crippen LogP contribution in [-0.4, -0.2) is 19.0 Å². The lowest BCUT2D eigenvalue weighted by molar-refractivity contribution is -0.120. The highest BCUT2D eigenvalue weighted by atomic mass is 35.5. The van der Waals surface area contributed by atoms with Gasteiger partial charge in [-0.15, -0.1) is 0 Å². The molecule has 1 aliphatic heterocycles. The zero-order valence-electron chi connectivity index (χ0n) is 9.60. The van der Waals surface area contributed by atoms with Gasteiger partial charge in [-0.1, -0.05) is 34.8 Å². The average Bonchev–Trinajstić information content (AvgIpc) is 2.37. The van der Waals surface area contributed by atoms with Gasteiger partial charge in [0.1, 0.15) is 0 Å². The zero-order chi connectivity index (χ0) is 13.1. The van der Waals surface area contributed by atoms with Crippen molar-refractivity contribution in [3.63, 3.8) is 0 Å². The molecule has 1 amide bonds. The summed E-state index contributed by atoms with van der Waals surface area (Å²) < 4.78 is 0. The Hall–Kier alpha value is -0.480. The number of hydrogen-bond acceptors (Lipinski definition) is 2. The van der Waals surface area contributed by atoms with Gasteiger partial charge in [0.2, 0.25) is 5.91 Å². The molecule has 1 aromatic rings. The number of piperidine rings is 1. The molecule has 3 nitrogen and oxygen atoms in total. The smallest absolute Gasteiger partial charge is 0.228 e. The van der Waals surface area contributed by atoms with Crippen LogP contribution in [0.3, 0.4) is 0 Å². The molecule has 1 aliphatic rings. The number of amides is 1. The van der Waals surface area contributed by atoms with Gasteiger partial charge in [-0.3, -0.25) is 4.79 Å². The van der Waals surface area contributed by atoms with E-state index in [1.54, 1.807) is 6.07 Å². The van der Waals surface area contributed by atoms with Gasteiger partial charge < -0.3 is 10.6 Å². The molecule has 0 spiro atoms. The summed E-state index contributed by atoms with van der Waals surface area (Å²) in [5.74, 6) is -0.0632. The van der Waals surface area contributed by atoms with E-state index < -0.39 is 0 Å². The third kappa shape index (κ3) is 3.29. The van der Waals surface area contributed by atoms with Gasteiger partial charge in [0.15, 0.2) is 0 Å². The summed E-state index contributed by atoms with van der Waals surface area (Å²) in [6.07, 6.45) is 1.89. The van der Waals surface area contributed by atoms with Crippen molar-refractivity contribution in [2.45, 2.75) is 12.8 Å². The molecule has 0 aromatic heterocycles. The third-order valence-electron chi connectivity index (χ3n) is 2.94. The Morgan fingerprint density at radius 1 is 1.22 bits per heavy atom. The predicted molar refractivity (Wildman–Crippen MR) is 75.7 cm³/mol. The number of hydrogen-bond donors (Lipinski definition) is 2. The van der Waals surface area contributed by atoms with Gasteiger partial charge in [0.05, 0.1) is 26.7 Å². The SMILES string of the molecule is O=C(Nc1cc(Cl)c(Cl)cc1Cl)C1CCCNC1. The van der Waals surface area contributed by atoms with Gasteiger partial charge in [-0.25, -0.2) is 0 Å². The minimum Gasteiger partial charge on any atom is -0.324 e. The highest BCUT2D eigenvalue weighted by Gasteiger charge is 2.21. The fraction of sp³-hybridized carbons (Fsp3) is 0.417. The van der Waals surface area contributed by atoms with Gasteiger partial charge in [0.25, 0.3) is 0 Å². The number of benzene rings is 1. The Morgan fingerprint density at radius 2 is 1.94 bits per heavy atom. The number of rotatable bonds is 2. The number of nitrogens with one attached hydrogen (secondary N) is 2. The van der Waals surface area contributed by atoms with Crippen LogP contribution in [0.25, 0.3) is 0 Å². The summed E-state index contributed by atoms with van der Waals surface area (Å²) in [4.78, 5) is 12.0. The minimum absolute atomic E-state index is 0.0238. The molecule has 0 saturated carbocycles. The molecule has 1 saturated heterocycles. The standard InChI is InChI=1S/C12H13Cl3N2O/c13-8-4-10(15)11(5-9(8)14)17-12(18)7-2-1-3-16-6-7/h4-5,7,16H,1-3,6H2,(H,17,18). The van der Waals surface area contributed by atoms with Gasteiger partial charge >= 0.3 is 0 Å². The van der Waals surface area contributed by atoms with Crippen molar-refractivity contribution >= 4 is 46.4 Å². The Kier molecular flexibility index (Phi) is 4.73. The minimum atomic E-state index is -0.0394. The lowest BCUT2D eigenvalue weighted by Gasteiger charge is -2.22. The largest absolute Gasteiger partial charge is 0.324 e. The number of carbonyl (C=O) groups excluding carboxylic acids is 1. The molecule has 1 aromatic carbocycles. The number of anilines is 1. The van der Waals surface area contributed by atoms with E-state index in [0.717, 1.165) is 19.4 Å². The number of halogens is 3. The molecule has 6 heteroatoms. The number of carbonyl (C=O) groups is 1. The van der Waals surface area contributed by atoms with Crippen LogP contribution in [0, 0.1) is 5.92 Å². The normalized spacial score (nSPS) is 19.6. The first-order valence-electron chi connectivity index (χ1n) is 5.74. The summed E-state index contributed by atoms with van der Waals surface area (Å²) >= 11 is 17.7. The average molecular weight is 308 g/mol. The predicted octanol–water partition coefficient (Wildman–Crippen LogP) is 3.58. The Labute approximate surface area is 121 Å². The molecule has 1 atom stereocenters. The molecule has 1 unspecified atom stereocenters. The second-order valence-corrected chi connectivity index (χ2v) is 5.50. The summed E-state index contributed by atoms with van der Waals surface area (Å²) in [5.41, 5.74) is 0.502. The van der Waals surface area contributed by atoms with E-state index in [4.69, 9.17) is 34.8 Å². The monoisotopic (exact) mass is 306 g/mol. The molecule has 0 bridgehead atoms. The van der Waals surface area contributed by atoms with Crippen molar-refractivity contribution in [1.29, 1.82) is 0 Å². The Morgan fingerprint density at radius 3 is 2.61 bits per heavy atom. The maximum absolute atomic E-state index is 12.0. The van der Waals surface area contributed by atoms with E-state index in [0.29, 0.717) is 27.3 Å². The van der Waals surface area contributed by atoms with Crippen LogP contribution >= 0.6 is 34.8 Å². The Bertz CT molecular complexity index is 459. The molecular weight excluding hydrogens is 295 g/mol. The van der Waals surface area contributed by atoms with Crippen LogP contribution in [0.4, 0.5) is 5.69 Å². The van der Waals surface area contributed by atoms with Crippen LogP contribution in [-0.2, 0) is 4.79 Å². The highest BCUT2D eigenvalue weighted by Crippen LogP contribution is 2.32. The summed E-state index contributed by atoms with van der Waals surface area (Å²) in [6.45, 7) is 1.67. The lowest BCUT2D eigenvalue weighted by atomic mass is 9.99. The van der Waals surface area contributed by atoms with Gasteiger partial charge in [0, 0.05) is 6.54 Å². The zero-order valence-corrected chi connectivity index (χ0v) is 11.9. The second kappa shape index (κ2) is 6.11. The van der Waals surface area contributed by atoms with Gasteiger partial charge in [-0.05, 0) is 31.5 Å². The van der Waals surface area contributed by atoms with Crippen molar-refractivity contribution in [3.8, 4) is 0 Å². The van der Waals surface area contributed by atoms with E-state index in [1.165, 1.54) is 6.07 Å². The molecule has 18 heavy (non-hydrogen) atoms. The van der Waals surface area contributed by atoms with Crippen LogP contribution < -0.4 is 10.6 Å². The van der Waals surface area contributed by atoms with E-state index in [1.807, 2.05) is 0 Å². The van der Waals surface area contributed by atoms with Crippen molar-refractivity contribution in [1.82, 2.24) is 5.32 Å². The maximum Gasteiger partial charge on any atom is 0.228 e. The van der Waals surface area contributed by atoms with E-state index in [2.05, 4.69) is 10.6 Å². The van der Waals surface area contributed by atoms with Crippen molar-refractivity contribution in [3.05, 3.63) is 27.2 Å². The van der Waals surface area contributed by atoms with Crippen LogP contribution in [0.1, 0.15) is 12.8 Å². The fourth-order valence-corrected chi connectivity index (χ4v) is 2.52. The molecule has 1 heterocycles. The maximum atomic E-state index is 12.0. The quantitative estimate of drug-likeness (QED) is 0.820. The molecule has 98 valence electrons. The van der Waals surface area contributed by atoms with Crippen molar-refractivity contribution in [2.24, 2.45) is 5.92 Å². The highest BCUT2D eigenvalue weighted by molar-refractivity contribution is 6.44. The summed E-state index contributed by atoms with van der Waals surface area (Å²) in [6, 6.07) is 3.10. The van der Waals surface area contributed by atoms with Crippen molar-refractivity contribution < 1.29 is 4.79 Å². The lowest BCUT2D eigenvalue weighted by Crippen LogP contribution is -2.37. The molecule has 0 radical (unpaired) electrons. The van der Waals surface area contributed by atoms with Crippen LogP contribution in [0.15, 0.2) is 12.1 Å². The van der Waals surface area contributed by atoms with E-state index in [-0.39, 0.29) is 11.8 Å². The van der Waals surface area contributed by atoms with E-state index >= 15 is 0 Å².